The molecule has 3 N–H and O–H groups in total. The number of benzene rings is 2. The average molecular weight is 352 g/mol. The molecule has 0 aliphatic rings. The van der Waals surface area contributed by atoms with Crippen molar-refractivity contribution in [3.8, 4) is 11.4 Å². The van der Waals surface area contributed by atoms with Crippen molar-refractivity contribution in [3.63, 3.8) is 0 Å². The third kappa shape index (κ3) is 3.51. The maximum atomic E-state index is 12.5. The van der Waals surface area contributed by atoms with E-state index in [4.69, 9.17) is 12.2 Å². The zero-order valence-corrected chi connectivity index (χ0v) is 14.2. The van der Waals surface area contributed by atoms with E-state index >= 15 is 0 Å². The molecule has 6 nitrogen and oxygen atoms in total. The number of phenols is 1. The minimum Gasteiger partial charge on any atom is -0.507 e. The number of nitrogens with one attached hydrogen (secondary N) is 2. The van der Waals surface area contributed by atoms with Crippen LogP contribution in [0.2, 0.25) is 0 Å². The van der Waals surface area contributed by atoms with E-state index in [-0.39, 0.29) is 16.3 Å². The maximum Gasteiger partial charge on any atom is 0.280 e. The van der Waals surface area contributed by atoms with Crippen LogP contribution in [0.5, 0.6) is 5.75 Å². The Labute approximate surface area is 149 Å². The molecule has 126 valence electrons. The molecule has 7 heteroatoms. The van der Waals surface area contributed by atoms with Crippen molar-refractivity contribution in [2.75, 3.05) is 0 Å². The molecular formula is C18H16N4O2S. The van der Waals surface area contributed by atoms with Crippen LogP contribution in [0.1, 0.15) is 16.8 Å². The highest BCUT2D eigenvalue weighted by Crippen LogP contribution is 2.15. The molecule has 0 fully saturated rings. The number of aryl methyl sites for hydroxylation is 1. The molecule has 0 saturated heterocycles. The van der Waals surface area contributed by atoms with Crippen LogP contribution in [0.15, 0.2) is 64.5 Å². The zero-order valence-electron chi connectivity index (χ0n) is 13.4. The highest BCUT2D eigenvalue weighted by atomic mass is 32.1. The summed E-state index contributed by atoms with van der Waals surface area (Å²) in [6, 6.07) is 16.0. The Kier molecular flexibility index (Phi) is 4.76. The summed E-state index contributed by atoms with van der Waals surface area (Å²) in [5, 5.41) is 16.8. The molecule has 0 radical (unpaired) electrons. The highest BCUT2D eigenvalue weighted by molar-refractivity contribution is 7.80. The van der Waals surface area contributed by atoms with Crippen molar-refractivity contribution in [1.29, 1.82) is 0 Å². The molecule has 0 aliphatic heterocycles. The Morgan fingerprint density at radius 3 is 2.60 bits per heavy atom. The normalized spacial score (nSPS) is 10.9. The van der Waals surface area contributed by atoms with Crippen molar-refractivity contribution in [1.82, 2.24) is 15.2 Å². The number of hydrogen-bond donors (Lipinski definition) is 3. The van der Waals surface area contributed by atoms with Crippen molar-refractivity contribution in [2.24, 2.45) is 5.10 Å². The molecule has 0 saturated carbocycles. The van der Waals surface area contributed by atoms with Crippen molar-refractivity contribution >= 4 is 23.4 Å². The van der Waals surface area contributed by atoms with Gasteiger partial charge >= 0.3 is 0 Å². The summed E-state index contributed by atoms with van der Waals surface area (Å²) in [6.07, 6.45) is 1.42. The fourth-order valence-electron chi connectivity index (χ4n) is 2.35. The number of thiocarbonyl (C=S) groups is 1. The van der Waals surface area contributed by atoms with Crippen LogP contribution in [0.4, 0.5) is 0 Å². The number of aromatic amines is 1. The second kappa shape index (κ2) is 7.14. The van der Waals surface area contributed by atoms with Crippen molar-refractivity contribution < 1.29 is 5.11 Å². The number of hydrogen-bond acceptors (Lipinski definition) is 4. The van der Waals surface area contributed by atoms with E-state index in [1.165, 1.54) is 10.9 Å². The summed E-state index contributed by atoms with van der Waals surface area (Å²) in [5.74, 6) is 0.0689. The Morgan fingerprint density at radius 2 is 1.88 bits per heavy atom. The first kappa shape index (κ1) is 16.7. The van der Waals surface area contributed by atoms with E-state index in [0.29, 0.717) is 16.8 Å². The number of H-pyrrole nitrogens is 1. The number of aromatic hydroxyl groups is 1. The third-order valence-corrected chi connectivity index (χ3v) is 3.95. The summed E-state index contributed by atoms with van der Waals surface area (Å²) in [4.78, 5) is 12.8. The second-order valence-corrected chi connectivity index (χ2v) is 5.75. The van der Waals surface area contributed by atoms with Crippen LogP contribution in [0.3, 0.4) is 0 Å². The third-order valence-electron chi connectivity index (χ3n) is 3.64. The van der Waals surface area contributed by atoms with E-state index in [9.17, 15) is 9.90 Å². The average Bonchev–Trinajstić information content (AvgIpc) is 2.91. The molecule has 1 aromatic heterocycles. The molecule has 0 spiro atoms. The lowest BCUT2D eigenvalue weighted by Gasteiger charge is -2.04. The fourth-order valence-corrected chi connectivity index (χ4v) is 2.58. The summed E-state index contributed by atoms with van der Waals surface area (Å²) in [6.45, 7) is 1.80. The van der Waals surface area contributed by atoms with Gasteiger partial charge in [0.15, 0.2) is 0 Å². The molecule has 3 aromatic rings. The van der Waals surface area contributed by atoms with Crippen molar-refractivity contribution in [2.45, 2.75) is 6.92 Å². The van der Waals surface area contributed by atoms with Gasteiger partial charge in [0.1, 0.15) is 10.7 Å². The lowest BCUT2D eigenvalue weighted by Crippen LogP contribution is -2.19. The van der Waals surface area contributed by atoms with Crippen LogP contribution in [-0.2, 0) is 0 Å². The molecule has 0 amide bonds. The fraction of sp³-hybridized carbons (Fsp3) is 0.0556. The van der Waals surface area contributed by atoms with E-state index < -0.39 is 0 Å². The summed E-state index contributed by atoms with van der Waals surface area (Å²) < 4.78 is 1.46. The van der Waals surface area contributed by atoms with Gasteiger partial charge in [-0.3, -0.25) is 15.3 Å². The number of nitrogens with zero attached hydrogens (tertiary/aromatic N) is 2. The molecule has 1 heterocycles. The topological polar surface area (TPSA) is 82.4 Å². The van der Waals surface area contributed by atoms with E-state index in [0.717, 1.165) is 5.69 Å². The first-order chi connectivity index (χ1) is 12.1. The van der Waals surface area contributed by atoms with Crippen LogP contribution in [-0.4, -0.2) is 26.1 Å². The predicted octanol–water partition coefficient (Wildman–Crippen LogP) is 2.48. The molecule has 0 unspecified atom stereocenters. The van der Waals surface area contributed by atoms with Gasteiger partial charge in [0.2, 0.25) is 0 Å². The Hall–Kier alpha value is -3.19. The van der Waals surface area contributed by atoms with Gasteiger partial charge in [-0.2, -0.15) is 5.10 Å². The van der Waals surface area contributed by atoms with Gasteiger partial charge in [-0.25, -0.2) is 4.68 Å². The van der Waals surface area contributed by atoms with Crippen LogP contribution in [0, 0.1) is 6.92 Å². The highest BCUT2D eigenvalue weighted by Gasteiger charge is 2.10. The zero-order chi connectivity index (χ0) is 17.8. The number of para-hydroxylation sites is 2. The molecule has 0 aliphatic carbocycles. The van der Waals surface area contributed by atoms with Crippen molar-refractivity contribution in [3.05, 3.63) is 81.8 Å². The standard InChI is InChI=1S/C18H16N4O2S/c1-12-15(18(24)22(21-12)13-7-3-2-4-8-13)11-19-20-17(25)14-9-5-6-10-16(14)23/h2-11,21,23H,1H3,(H,20,25)/b19-11+. The Balaban J connectivity index is 1.81. The number of rotatable bonds is 4. The van der Waals surface area contributed by atoms with Gasteiger partial charge in [0, 0.05) is 5.69 Å². The molecule has 3 rings (SSSR count). The summed E-state index contributed by atoms with van der Waals surface area (Å²) >= 11 is 5.19. The largest absolute Gasteiger partial charge is 0.507 e. The second-order valence-electron chi connectivity index (χ2n) is 5.34. The quantitative estimate of drug-likeness (QED) is 0.383. The lowest BCUT2D eigenvalue weighted by molar-refractivity contribution is 0.474. The van der Waals surface area contributed by atoms with Gasteiger partial charge in [0.05, 0.1) is 23.0 Å². The molecule has 2 aromatic carbocycles. The van der Waals surface area contributed by atoms with Gasteiger partial charge < -0.3 is 5.11 Å². The smallest absolute Gasteiger partial charge is 0.280 e. The van der Waals surface area contributed by atoms with Gasteiger partial charge in [0.25, 0.3) is 5.56 Å². The summed E-state index contributed by atoms with van der Waals surface area (Å²) in [5.41, 5.74) is 4.80. The van der Waals surface area contributed by atoms with Crippen LogP contribution < -0.4 is 11.0 Å². The molecule has 0 bridgehead atoms. The maximum absolute atomic E-state index is 12.5. The van der Waals surface area contributed by atoms with Gasteiger partial charge in [-0.05, 0) is 31.2 Å². The number of phenolic OH excluding ortho intramolecular Hbond substituents is 1. The van der Waals surface area contributed by atoms with Gasteiger partial charge in [-0.1, -0.05) is 42.5 Å². The van der Waals surface area contributed by atoms with E-state index in [1.807, 2.05) is 30.3 Å². The Morgan fingerprint density at radius 1 is 1.20 bits per heavy atom. The number of aromatic nitrogens is 2. The first-order valence-electron chi connectivity index (χ1n) is 7.56. The lowest BCUT2D eigenvalue weighted by atomic mass is 10.2. The number of hydrazone groups is 1. The minimum atomic E-state index is -0.206. The summed E-state index contributed by atoms with van der Waals surface area (Å²) in [7, 11) is 0. The SMILES string of the molecule is Cc1[nH]n(-c2ccccc2)c(=O)c1/C=N/NC(=S)c1ccccc1O. The van der Waals surface area contributed by atoms with Crippen LogP contribution >= 0.6 is 12.2 Å². The van der Waals surface area contributed by atoms with E-state index in [2.05, 4.69) is 15.6 Å². The van der Waals surface area contributed by atoms with Crippen LogP contribution in [0.25, 0.3) is 5.69 Å². The minimum absolute atomic E-state index is 0.0689. The first-order valence-corrected chi connectivity index (χ1v) is 7.97. The molecular weight excluding hydrogens is 336 g/mol. The molecule has 25 heavy (non-hydrogen) atoms. The van der Waals surface area contributed by atoms with Gasteiger partial charge in [-0.15, -0.1) is 0 Å². The molecule has 0 atom stereocenters. The monoisotopic (exact) mass is 352 g/mol. The Bertz CT molecular complexity index is 990. The van der Waals surface area contributed by atoms with E-state index in [1.54, 1.807) is 31.2 Å². The predicted molar refractivity (Wildman–Crippen MR) is 102 cm³/mol.